The number of alkyl halides is 2. The molecule has 13 heteroatoms. The predicted molar refractivity (Wildman–Crippen MR) is 149 cm³/mol. The number of nitrogens with zero attached hydrogens (tertiary/aromatic N) is 2. The van der Waals surface area contributed by atoms with Gasteiger partial charge in [-0.25, -0.2) is 8.42 Å². The monoisotopic (exact) mass is 614 g/mol. The van der Waals surface area contributed by atoms with Crippen molar-refractivity contribution in [3.05, 3.63) is 88.4 Å². The normalized spacial score (nSPS) is 14.9. The fourth-order valence-electron chi connectivity index (χ4n) is 4.74. The Bertz CT molecular complexity index is 1510. The topological polar surface area (TPSA) is 107 Å². The maximum atomic E-state index is 14.3. The van der Waals surface area contributed by atoms with Crippen molar-refractivity contribution in [1.29, 1.82) is 0 Å². The van der Waals surface area contributed by atoms with E-state index >= 15 is 0 Å². The highest BCUT2D eigenvalue weighted by Crippen LogP contribution is 2.60. The van der Waals surface area contributed by atoms with Gasteiger partial charge in [0.1, 0.15) is 10.6 Å². The minimum absolute atomic E-state index is 0.0366. The smallest absolute Gasteiger partial charge is 0.399 e. The molecule has 0 spiro atoms. The second kappa shape index (κ2) is 12.1. The van der Waals surface area contributed by atoms with Crippen LogP contribution in [0.4, 0.5) is 14.5 Å². The van der Waals surface area contributed by atoms with Crippen LogP contribution in [-0.2, 0) is 33.3 Å². The van der Waals surface area contributed by atoms with Crippen LogP contribution in [-0.4, -0.2) is 42.7 Å². The molecule has 1 aliphatic heterocycles. The van der Waals surface area contributed by atoms with E-state index < -0.39 is 33.9 Å². The largest absolute Gasteiger partial charge is 0.495 e. The number of ether oxygens (including phenoxy) is 1. The molecule has 3 aromatic carbocycles. The van der Waals surface area contributed by atoms with Gasteiger partial charge in [0.15, 0.2) is 0 Å². The summed E-state index contributed by atoms with van der Waals surface area (Å²) in [5, 5.41) is -0.589. The Morgan fingerprint density at radius 3 is 2.30 bits per heavy atom. The molecule has 216 valence electrons. The number of piperidine rings is 1. The minimum Gasteiger partial charge on any atom is -0.495 e. The number of hydrogen-bond acceptors (Lipinski definition) is 5. The maximum absolute atomic E-state index is 14.3. The minimum atomic E-state index is -5.84. The first-order valence-electron chi connectivity index (χ1n) is 12.5. The summed E-state index contributed by atoms with van der Waals surface area (Å²) < 4.78 is 74.6. The Balaban J connectivity index is 1.76. The highest BCUT2D eigenvalue weighted by Gasteiger charge is 2.51. The highest BCUT2D eigenvalue weighted by molar-refractivity contribution is 7.89. The number of hydrogen-bond donors (Lipinski definition) is 2. The van der Waals surface area contributed by atoms with Gasteiger partial charge in [0, 0.05) is 31.9 Å². The molecule has 8 nitrogen and oxygen atoms in total. The van der Waals surface area contributed by atoms with E-state index in [0.29, 0.717) is 0 Å². The van der Waals surface area contributed by atoms with Crippen LogP contribution >= 0.6 is 19.2 Å². The van der Waals surface area contributed by atoms with E-state index in [0.717, 1.165) is 55.7 Å². The molecule has 0 saturated carbocycles. The van der Waals surface area contributed by atoms with Crippen LogP contribution in [0.15, 0.2) is 71.6 Å². The van der Waals surface area contributed by atoms with Gasteiger partial charge in [-0.1, -0.05) is 54.1 Å². The summed E-state index contributed by atoms with van der Waals surface area (Å²) in [6.45, 7) is 1.41. The summed E-state index contributed by atoms with van der Waals surface area (Å²) in [4.78, 5) is 20.4. The summed E-state index contributed by atoms with van der Waals surface area (Å²) in [6.07, 6.45) is 3.19. The summed E-state index contributed by atoms with van der Waals surface area (Å²) >= 11 is 6.05. The Morgan fingerprint density at radius 2 is 1.65 bits per heavy atom. The van der Waals surface area contributed by atoms with Gasteiger partial charge >= 0.3 is 13.3 Å². The lowest BCUT2D eigenvalue weighted by molar-refractivity contribution is 0.0565. The van der Waals surface area contributed by atoms with Gasteiger partial charge in [-0.3, -0.25) is 4.57 Å². The van der Waals surface area contributed by atoms with Crippen molar-refractivity contribution in [2.24, 2.45) is 0 Å². The molecular formula is C27H30ClF2N2O6PS. The fourth-order valence-corrected chi connectivity index (χ4v) is 7.20. The van der Waals surface area contributed by atoms with Gasteiger partial charge in [-0.2, -0.15) is 13.1 Å². The summed E-state index contributed by atoms with van der Waals surface area (Å²) in [6, 6.07) is 16.8. The standard InChI is InChI=1S/C27H30ClF2N2O6PS/c1-38-25-11-5-6-12-26(25)40(36,37)32(19-21-9-3-4-10-24(21)31-15-7-2-8-16-31)18-20-13-14-22(23(28)17-20)27(29,30)39(33,34)35/h3-6,9-14,17H,2,7-8,15-16,18-19H2,1H3,(H2,33,34,35). The van der Waals surface area contributed by atoms with E-state index in [-0.39, 0.29) is 29.3 Å². The first kappa shape index (κ1) is 30.4. The Morgan fingerprint density at radius 1 is 1.00 bits per heavy atom. The van der Waals surface area contributed by atoms with Crippen LogP contribution in [0.25, 0.3) is 0 Å². The molecule has 0 aliphatic carbocycles. The Kier molecular flexibility index (Phi) is 9.24. The maximum Gasteiger partial charge on any atom is 0.399 e. The zero-order valence-corrected chi connectivity index (χ0v) is 24.2. The molecule has 1 aliphatic rings. The molecule has 4 rings (SSSR count). The zero-order valence-electron chi connectivity index (χ0n) is 21.7. The Hall–Kier alpha value is -2.53. The predicted octanol–water partition coefficient (Wildman–Crippen LogP) is 5.96. The molecule has 1 heterocycles. The number of benzene rings is 3. The molecule has 0 bridgehead atoms. The number of halogens is 3. The van der Waals surface area contributed by atoms with Crippen molar-refractivity contribution >= 4 is 34.9 Å². The Labute approximate surface area is 237 Å². The van der Waals surface area contributed by atoms with Gasteiger partial charge in [0.25, 0.3) is 0 Å². The van der Waals surface area contributed by atoms with E-state index in [1.165, 1.54) is 29.6 Å². The van der Waals surface area contributed by atoms with Crippen molar-refractivity contribution in [2.75, 3.05) is 25.1 Å². The van der Waals surface area contributed by atoms with Crippen molar-refractivity contribution in [3.8, 4) is 5.75 Å². The number of anilines is 1. The third-order valence-corrected chi connectivity index (χ3v) is 9.92. The lowest BCUT2D eigenvalue weighted by Crippen LogP contribution is -2.33. The van der Waals surface area contributed by atoms with Crippen molar-refractivity contribution in [2.45, 2.75) is 42.9 Å². The molecule has 0 radical (unpaired) electrons. The van der Waals surface area contributed by atoms with E-state index in [2.05, 4.69) is 4.90 Å². The highest BCUT2D eigenvalue weighted by atomic mass is 35.5. The van der Waals surface area contributed by atoms with Gasteiger partial charge in [0.05, 0.1) is 17.7 Å². The molecule has 0 atom stereocenters. The molecule has 2 N–H and O–H groups in total. The third kappa shape index (κ3) is 6.35. The number of para-hydroxylation sites is 2. The molecule has 0 unspecified atom stereocenters. The van der Waals surface area contributed by atoms with Crippen LogP contribution in [0.2, 0.25) is 5.02 Å². The second-order valence-corrected chi connectivity index (χ2v) is 13.5. The van der Waals surface area contributed by atoms with Crippen LogP contribution in [0.5, 0.6) is 5.75 Å². The lowest BCUT2D eigenvalue weighted by atomic mass is 10.1. The molecule has 0 amide bonds. The van der Waals surface area contributed by atoms with Gasteiger partial charge < -0.3 is 19.4 Å². The quantitative estimate of drug-likeness (QED) is 0.272. The number of rotatable bonds is 10. The third-order valence-electron chi connectivity index (χ3n) is 6.80. The van der Waals surface area contributed by atoms with Gasteiger partial charge in [0.2, 0.25) is 10.0 Å². The van der Waals surface area contributed by atoms with E-state index in [1.54, 1.807) is 12.1 Å². The summed E-state index contributed by atoms with van der Waals surface area (Å²) in [7, 11) is -8.67. The number of sulfonamides is 1. The summed E-state index contributed by atoms with van der Waals surface area (Å²) in [5.74, 6) is 0.145. The first-order valence-corrected chi connectivity index (χ1v) is 16.0. The average molecular weight is 615 g/mol. The first-order chi connectivity index (χ1) is 18.9. The van der Waals surface area contributed by atoms with Crippen LogP contribution in [0, 0.1) is 0 Å². The average Bonchev–Trinajstić information content (AvgIpc) is 2.92. The molecule has 3 aromatic rings. The lowest BCUT2D eigenvalue weighted by Gasteiger charge is -2.32. The van der Waals surface area contributed by atoms with E-state index in [9.17, 15) is 21.8 Å². The molecule has 1 fully saturated rings. The molecule has 1 saturated heterocycles. The second-order valence-electron chi connectivity index (χ2n) is 9.50. The number of methoxy groups -OCH3 is 1. The molecule has 40 heavy (non-hydrogen) atoms. The van der Waals surface area contributed by atoms with E-state index in [4.69, 9.17) is 26.1 Å². The van der Waals surface area contributed by atoms with Crippen LogP contribution in [0.1, 0.15) is 36.0 Å². The zero-order chi connectivity index (χ0) is 29.1. The fraction of sp³-hybridized carbons (Fsp3) is 0.333. The van der Waals surface area contributed by atoms with Crippen molar-refractivity contribution < 1.29 is 36.3 Å². The van der Waals surface area contributed by atoms with Crippen LogP contribution < -0.4 is 9.64 Å². The van der Waals surface area contributed by atoms with Gasteiger partial charge in [-0.15, -0.1) is 0 Å². The van der Waals surface area contributed by atoms with Crippen molar-refractivity contribution in [1.82, 2.24) is 4.31 Å². The summed E-state index contributed by atoms with van der Waals surface area (Å²) in [5.41, 5.74) is -3.61. The SMILES string of the molecule is COc1ccccc1S(=O)(=O)N(Cc1ccc(C(F)(F)P(=O)(O)O)c(Cl)c1)Cc1ccccc1N1CCCCC1. The molecular weight excluding hydrogens is 585 g/mol. The van der Waals surface area contributed by atoms with Crippen LogP contribution in [0.3, 0.4) is 0 Å². The van der Waals surface area contributed by atoms with Gasteiger partial charge in [-0.05, 0) is 54.7 Å². The van der Waals surface area contributed by atoms with Crippen molar-refractivity contribution in [3.63, 3.8) is 0 Å². The molecule has 0 aromatic heterocycles. The van der Waals surface area contributed by atoms with E-state index in [1.807, 2.05) is 24.3 Å².